The van der Waals surface area contributed by atoms with Crippen LogP contribution in [0.25, 0.3) is 0 Å². The average Bonchev–Trinajstić information content (AvgIpc) is 2.67. The first-order valence-corrected chi connectivity index (χ1v) is 5.81. The second-order valence-electron chi connectivity index (χ2n) is 3.98. The Hall–Kier alpha value is -1.33. The van der Waals surface area contributed by atoms with Gasteiger partial charge >= 0.3 is 5.97 Å². The Morgan fingerprint density at radius 1 is 1.44 bits per heavy atom. The number of ether oxygens (including phenoxy) is 1. The summed E-state index contributed by atoms with van der Waals surface area (Å²) in [5.41, 5.74) is 0.551. The van der Waals surface area contributed by atoms with E-state index in [-0.39, 0.29) is 18.4 Å². The number of halogens is 1. The number of pyridine rings is 1. The van der Waals surface area contributed by atoms with Gasteiger partial charge in [-0.2, -0.15) is 0 Å². The molecule has 1 aliphatic heterocycles. The molecule has 0 spiro atoms. The maximum atomic E-state index is 11.4. The van der Waals surface area contributed by atoms with Gasteiger partial charge in [-0.05, 0) is 25.1 Å². The van der Waals surface area contributed by atoms with Crippen molar-refractivity contribution in [1.82, 2.24) is 10.3 Å². The van der Waals surface area contributed by atoms with Gasteiger partial charge in [0.15, 0.2) is 0 Å². The highest BCUT2D eigenvalue weighted by Crippen LogP contribution is 2.14. The van der Waals surface area contributed by atoms with Crippen molar-refractivity contribution in [3.8, 4) is 0 Å². The summed E-state index contributed by atoms with van der Waals surface area (Å²) in [6.07, 6.45) is 2.74. The van der Waals surface area contributed by atoms with E-state index in [1.807, 2.05) is 0 Å². The molecule has 5 nitrogen and oxygen atoms in total. The fourth-order valence-corrected chi connectivity index (χ4v) is 1.91. The predicted molar refractivity (Wildman–Crippen MR) is 72.5 cm³/mol. The Bertz CT molecular complexity index is 393. The number of methoxy groups -OCH3 is 1. The van der Waals surface area contributed by atoms with E-state index in [4.69, 9.17) is 4.74 Å². The number of carbonyl (C=O) groups is 1. The number of rotatable bonds is 2. The smallest absolute Gasteiger partial charge is 0.338 e. The number of nitrogens with zero attached hydrogens (tertiary/aromatic N) is 2. The van der Waals surface area contributed by atoms with Crippen molar-refractivity contribution in [2.24, 2.45) is 0 Å². The van der Waals surface area contributed by atoms with Crippen LogP contribution in [0.1, 0.15) is 16.8 Å². The van der Waals surface area contributed by atoms with Crippen LogP contribution in [0.2, 0.25) is 0 Å². The molecule has 0 atom stereocenters. The largest absolute Gasteiger partial charge is 0.465 e. The SMILES string of the molecule is COC(=O)c1ccnc(N2CCCNCC2)c1.Cl. The Morgan fingerprint density at radius 3 is 3.06 bits per heavy atom. The normalized spacial score (nSPS) is 15.5. The lowest BCUT2D eigenvalue weighted by Gasteiger charge is -2.21. The molecule has 0 saturated carbocycles. The van der Waals surface area contributed by atoms with Gasteiger partial charge in [0.2, 0.25) is 0 Å². The Morgan fingerprint density at radius 2 is 2.28 bits per heavy atom. The van der Waals surface area contributed by atoms with Gasteiger partial charge in [0.1, 0.15) is 5.82 Å². The van der Waals surface area contributed by atoms with E-state index in [0.29, 0.717) is 5.56 Å². The van der Waals surface area contributed by atoms with Crippen molar-refractivity contribution in [2.75, 3.05) is 38.2 Å². The third-order valence-corrected chi connectivity index (χ3v) is 2.83. The van der Waals surface area contributed by atoms with E-state index < -0.39 is 0 Å². The minimum Gasteiger partial charge on any atom is -0.465 e. The van der Waals surface area contributed by atoms with Crippen molar-refractivity contribution in [3.05, 3.63) is 23.9 Å². The number of hydrogen-bond acceptors (Lipinski definition) is 5. The summed E-state index contributed by atoms with van der Waals surface area (Å²) < 4.78 is 4.71. The number of anilines is 1. The molecule has 100 valence electrons. The Labute approximate surface area is 113 Å². The molecule has 6 heteroatoms. The maximum Gasteiger partial charge on any atom is 0.338 e. The van der Waals surface area contributed by atoms with E-state index in [2.05, 4.69) is 15.2 Å². The quantitative estimate of drug-likeness (QED) is 0.816. The average molecular weight is 272 g/mol. The van der Waals surface area contributed by atoms with E-state index in [9.17, 15) is 4.79 Å². The first-order chi connectivity index (χ1) is 8.31. The molecule has 0 aromatic carbocycles. The molecular formula is C12H18ClN3O2. The summed E-state index contributed by atoms with van der Waals surface area (Å²) in [4.78, 5) is 17.9. The molecule has 1 fully saturated rings. The van der Waals surface area contributed by atoms with Gasteiger partial charge in [-0.1, -0.05) is 0 Å². The highest BCUT2D eigenvalue weighted by molar-refractivity contribution is 5.90. The van der Waals surface area contributed by atoms with Gasteiger partial charge in [0.25, 0.3) is 0 Å². The van der Waals surface area contributed by atoms with Crippen LogP contribution >= 0.6 is 12.4 Å². The van der Waals surface area contributed by atoms with Crippen LogP contribution in [0.15, 0.2) is 18.3 Å². The minimum atomic E-state index is -0.318. The molecular weight excluding hydrogens is 254 g/mol. The van der Waals surface area contributed by atoms with Gasteiger partial charge in [-0.25, -0.2) is 9.78 Å². The van der Waals surface area contributed by atoms with Crippen molar-refractivity contribution in [1.29, 1.82) is 0 Å². The molecule has 1 N–H and O–H groups in total. The molecule has 2 heterocycles. The van der Waals surface area contributed by atoms with Crippen LogP contribution in [0, 0.1) is 0 Å². The second-order valence-corrected chi connectivity index (χ2v) is 3.98. The minimum absolute atomic E-state index is 0. The van der Waals surface area contributed by atoms with Gasteiger partial charge in [-0.3, -0.25) is 0 Å². The van der Waals surface area contributed by atoms with Gasteiger partial charge in [0.05, 0.1) is 12.7 Å². The maximum absolute atomic E-state index is 11.4. The summed E-state index contributed by atoms with van der Waals surface area (Å²) in [5.74, 6) is 0.526. The first kappa shape index (κ1) is 14.7. The van der Waals surface area contributed by atoms with Gasteiger partial charge in [0, 0.05) is 25.8 Å². The Balaban J connectivity index is 0.00000162. The molecule has 2 rings (SSSR count). The van der Waals surface area contributed by atoms with Crippen LogP contribution in [-0.2, 0) is 4.74 Å². The van der Waals surface area contributed by atoms with Crippen molar-refractivity contribution < 1.29 is 9.53 Å². The molecule has 0 amide bonds. The lowest BCUT2D eigenvalue weighted by atomic mass is 10.2. The van der Waals surface area contributed by atoms with E-state index >= 15 is 0 Å². The number of aromatic nitrogens is 1. The molecule has 1 aromatic rings. The molecule has 1 saturated heterocycles. The monoisotopic (exact) mass is 271 g/mol. The summed E-state index contributed by atoms with van der Waals surface area (Å²) in [7, 11) is 1.39. The molecule has 18 heavy (non-hydrogen) atoms. The van der Waals surface area contributed by atoms with E-state index in [1.165, 1.54) is 7.11 Å². The van der Waals surface area contributed by atoms with Gasteiger partial charge in [-0.15, -0.1) is 12.4 Å². The molecule has 0 aliphatic carbocycles. The van der Waals surface area contributed by atoms with Crippen molar-refractivity contribution in [3.63, 3.8) is 0 Å². The highest BCUT2D eigenvalue weighted by Gasteiger charge is 2.13. The fourth-order valence-electron chi connectivity index (χ4n) is 1.91. The van der Waals surface area contributed by atoms with Crippen LogP contribution in [0.4, 0.5) is 5.82 Å². The molecule has 0 bridgehead atoms. The van der Waals surface area contributed by atoms with Crippen LogP contribution in [0.5, 0.6) is 0 Å². The van der Waals surface area contributed by atoms with E-state index in [1.54, 1.807) is 18.3 Å². The topological polar surface area (TPSA) is 54.5 Å². The number of carbonyl (C=O) groups excluding carboxylic acids is 1. The summed E-state index contributed by atoms with van der Waals surface area (Å²) >= 11 is 0. The molecule has 0 radical (unpaired) electrons. The first-order valence-electron chi connectivity index (χ1n) is 5.81. The predicted octanol–water partition coefficient (Wildman–Crippen LogP) is 1.09. The number of nitrogens with one attached hydrogen (secondary N) is 1. The second kappa shape index (κ2) is 7.18. The zero-order chi connectivity index (χ0) is 12.1. The number of hydrogen-bond donors (Lipinski definition) is 1. The van der Waals surface area contributed by atoms with Crippen LogP contribution in [0.3, 0.4) is 0 Å². The van der Waals surface area contributed by atoms with Crippen LogP contribution < -0.4 is 10.2 Å². The molecule has 1 aromatic heterocycles. The van der Waals surface area contributed by atoms with Gasteiger partial charge < -0.3 is 15.0 Å². The zero-order valence-corrected chi connectivity index (χ0v) is 11.2. The molecule has 1 aliphatic rings. The lowest BCUT2D eigenvalue weighted by Crippen LogP contribution is -2.28. The third kappa shape index (κ3) is 3.58. The third-order valence-electron chi connectivity index (χ3n) is 2.83. The zero-order valence-electron chi connectivity index (χ0n) is 10.4. The van der Waals surface area contributed by atoms with Crippen molar-refractivity contribution >= 4 is 24.2 Å². The molecule has 0 unspecified atom stereocenters. The van der Waals surface area contributed by atoms with Crippen LogP contribution in [-0.4, -0.2) is 44.2 Å². The van der Waals surface area contributed by atoms with E-state index in [0.717, 1.165) is 38.4 Å². The summed E-state index contributed by atoms with van der Waals surface area (Å²) in [6.45, 7) is 3.86. The Kier molecular flexibility index (Phi) is 5.88. The van der Waals surface area contributed by atoms with Crippen molar-refractivity contribution in [2.45, 2.75) is 6.42 Å². The summed E-state index contributed by atoms with van der Waals surface area (Å²) in [5, 5.41) is 3.33. The summed E-state index contributed by atoms with van der Waals surface area (Å²) in [6, 6.07) is 3.46. The highest BCUT2D eigenvalue weighted by atomic mass is 35.5. The number of esters is 1. The lowest BCUT2D eigenvalue weighted by molar-refractivity contribution is 0.0600. The standard InChI is InChI=1S/C12H17N3O2.ClH/c1-17-12(16)10-3-5-14-11(9-10)15-7-2-4-13-6-8-15;/h3,5,9,13H,2,4,6-8H2,1H3;1H. The fraction of sp³-hybridized carbons (Fsp3) is 0.500.